The van der Waals surface area contributed by atoms with Gasteiger partial charge in [0.2, 0.25) is 0 Å². The van der Waals surface area contributed by atoms with Crippen LogP contribution in [0, 0.1) is 0 Å². The SMILES string of the molecule is O=C(CSc1ccc2ccccc2c1)c1ccc(O)cc1. The molecule has 0 aliphatic carbocycles. The van der Waals surface area contributed by atoms with E-state index in [9.17, 15) is 9.90 Å². The van der Waals surface area contributed by atoms with E-state index in [1.165, 1.54) is 34.7 Å². The van der Waals surface area contributed by atoms with Crippen LogP contribution in [0.3, 0.4) is 0 Å². The standard InChI is InChI=1S/C18H14O2S/c19-16-8-5-14(6-9-16)18(20)12-21-17-10-7-13-3-1-2-4-15(13)11-17/h1-11,19H,12H2. The van der Waals surface area contributed by atoms with Crippen LogP contribution in [0.4, 0.5) is 0 Å². The van der Waals surface area contributed by atoms with Gasteiger partial charge in [0, 0.05) is 10.5 Å². The number of hydrogen-bond donors (Lipinski definition) is 1. The van der Waals surface area contributed by atoms with E-state index >= 15 is 0 Å². The summed E-state index contributed by atoms with van der Waals surface area (Å²) in [6, 6.07) is 20.8. The molecule has 1 N–H and O–H groups in total. The van der Waals surface area contributed by atoms with Crippen LogP contribution in [0.1, 0.15) is 10.4 Å². The fourth-order valence-electron chi connectivity index (χ4n) is 2.14. The summed E-state index contributed by atoms with van der Waals surface area (Å²) in [5, 5.41) is 11.6. The Balaban J connectivity index is 1.71. The molecule has 0 fully saturated rings. The van der Waals surface area contributed by atoms with E-state index in [-0.39, 0.29) is 11.5 Å². The van der Waals surface area contributed by atoms with E-state index in [1.807, 2.05) is 18.2 Å². The van der Waals surface area contributed by atoms with Gasteiger partial charge in [-0.25, -0.2) is 0 Å². The van der Waals surface area contributed by atoms with Crippen LogP contribution in [0.15, 0.2) is 71.6 Å². The second kappa shape index (κ2) is 6.02. The van der Waals surface area contributed by atoms with Crippen LogP contribution in [0.2, 0.25) is 0 Å². The van der Waals surface area contributed by atoms with Gasteiger partial charge in [-0.3, -0.25) is 4.79 Å². The second-order valence-electron chi connectivity index (χ2n) is 4.77. The lowest BCUT2D eigenvalue weighted by Crippen LogP contribution is -2.01. The molecule has 104 valence electrons. The Hall–Kier alpha value is -2.26. The van der Waals surface area contributed by atoms with Crippen molar-refractivity contribution >= 4 is 28.3 Å². The molecule has 0 radical (unpaired) electrons. The van der Waals surface area contributed by atoms with Gasteiger partial charge in [0.1, 0.15) is 5.75 Å². The zero-order valence-corrected chi connectivity index (χ0v) is 12.1. The molecular weight excluding hydrogens is 280 g/mol. The lowest BCUT2D eigenvalue weighted by atomic mass is 10.1. The van der Waals surface area contributed by atoms with E-state index < -0.39 is 0 Å². The number of ketones is 1. The van der Waals surface area contributed by atoms with Crippen molar-refractivity contribution in [2.24, 2.45) is 0 Å². The number of thioether (sulfide) groups is 1. The third kappa shape index (κ3) is 3.26. The molecule has 0 saturated heterocycles. The van der Waals surface area contributed by atoms with Crippen molar-refractivity contribution in [3.63, 3.8) is 0 Å². The molecule has 3 aromatic carbocycles. The number of phenolic OH excluding ortho intramolecular Hbond substituents is 1. The van der Waals surface area contributed by atoms with Gasteiger partial charge in [0.25, 0.3) is 0 Å². The van der Waals surface area contributed by atoms with Crippen molar-refractivity contribution in [1.82, 2.24) is 0 Å². The minimum atomic E-state index is 0.0631. The van der Waals surface area contributed by atoms with E-state index in [4.69, 9.17) is 0 Å². The Labute approximate surface area is 127 Å². The molecule has 3 heteroatoms. The minimum absolute atomic E-state index is 0.0631. The highest BCUT2D eigenvalue weighted by molar-refractivity contribution is 8.00. The molecule has 3 rings (SSSR count). The fourth-order valence-corrected chi connectivity index (χ4v) is 2.98. The number of Topliss-reactive ketones (excluding diaryl/α,β-unsaturated/α-hetero) is 1. The highest BCUT2D eigenvalue weighted by Gasteiger charge is 2.07. The molecule has 0 heterocycles. The van der Waals surface area contributed by atoms with E-state index in [0.717, 1.165) is 4.90 Å². The zero-order valence-electron chi connectivity index (χ0n) is 11.3. The molecule has 0 saturated carbocycles. The summed E-state index contributed by atoms with van der Waals surface area (Å²) in [7, 11) is 0. The van der Waals surface area contributed by atoms with Gasteiger partial charge in [-0.1, -0.05) is 30.3 Å². The summed E-state index contributed by atoms with van der Waals surface area (Å²) in [5.74, 6) is 0.630. The molecular formula is C18H14O2S. The van der Waals surface area contributed by atoms with Gasteiger partial charge < -0.3 is 5.11 Å². The molecule has 0 atom stereocenters. The largest absolute Gasteiger partial charge is 0.508 e. The number of hydrogen-bond acceptors (Lipinski definition) is 3. The van der Waals surface area contributed by atoms with Crippen molar-refractivity contribution < 1.29 is 9.90 Å². The number of fused-ring (bicyclic) bond motifs is 1. The third-order valence-electron chi connectivity index (χ3n) is 3.28. The molecule has 0 aliphatic rings. The van der Waals surface area contributed by atoms with E-state index in [1.54, 1.807) is 12.1 Å². The predicted molar refractivity (Wildman–Crippen MR) is 87.1 cm³/mol. The van der Waals surface area contributed by atoms with Gasteiger partial charge in [-0.2, -0.15) is 0 Å². The molecule has 0 unspecified atom stereocenters. The van der Waals surface area contributed by atoms with Crippen molar-refractivity contribution in [3.8, 4) is 5.75 Å². The van der Waals surface area contributed by atoms with Crippen molar-refractivity contribution in [2.75, 3.05) is 5.75 Å². The van der Waals surface area contributed by atoms with Gasteiger partial charge in [-0.15, -0.1) is 11.8 Å². The van der Waals surface area contributed by atoms with Crippen LogP contribution < -0.4 is 0 Å². The summed E-state index contributed by atoms with van der Waals surface area (Å²) in [5.41, 5.74) is 0.626. The number of phenols is 1. The molecule has 3 aromatic rings. The first-order valence-corrected chi connectivity index (χ1v) is 7.65. The fraction of sp³-hybridized carbons (Fsp3) is 0.0556. The monoisotopic (exact) mass is 294 g/mol. The topological polar surface area (TPSA) is 37.3 Å². The molecule has 0 amide bonds. The molecule has 21 heavy (non-hydrogen) atoms. The van der Waals surface area contributed by atoms with Crippen LogP contribution in [-0.4, -0.2) is 16.6 Å². The average Bonchev–Trinajstić information content (AvgIpc) is 2.53. The summed E-state index contributed by atoms with van der Waals surface area (Å²) in [6.45, 7) is 0. The van der Waals surface area contributed by atoms with Gasteiger partial charge in [-0.05, 0) is 47.2 Å². The smallest absolute Gasteiger partial charge is 0.173 e. The first-order valence-electron chi connectivity index (χ1n) is 6.66. The number of aromatic hydroxyl groups is 1. The highest BCUT2D eigenvalue weighted by Crippen LogP contribution is 2.24. The average molecular weight is 294 g/mol. The van der Waals surface area contributed by atoms with Crippen LogP contribution in [0.25, 0.3) is 10.8 Å². The van der Waals surface area contributed by atoms with Gasteiger partial charge in [0.05, 0.1) is 5.75 Å². The van der Waals surface area contributed by atoms with Crippen molar-refractivity contribution in [1.29, 1.82) is 0 Å². The zero-order chi connectivity index (χ0) is 14.7. The number of carbonyl (C=O) groups excluding carboxylic acids is 1. The molecule has 0 aliphatic heterocycles. The quantitative estimate of drug-likeness (QED) is 0.568. The van der Waals surface area contributed by atoms with Gasteiger partial charge >= 0.3 is 0 Å². The van der Waals surface area contributed by atoms with Crippen LogP contribution in [0.5, 0.6) is 5.75 Å². The maximum atomic E-state index is 12.1. The first-order chi connectivity index (χ1) is 10.2. The molecule has 0 bridgehead atoms. The van der Waals surface area contributed by atoms with E-state index in [0.29, 0.717) is 11.3 Å². The lowest BCUT2D eigenvalue weighted by molar-refractivity contribution is 0.102. The van der Waals surface area contributed by atoms with E-state index in [2.05, 4.69) is 24.3 Å². The molecule has 2 nitrogen and oxygen atoms in total. The van der Waals surface area contributed by atoms with Crippen LogP contribution in [-0.2, 0) is 0 Å². The van der Waals surface area contributed by atoms with Crippen molar-refractivity contribution in [3.05, 3.63) is 72.3 Å². The Morgan fingerprint density at radius 3 is 2.38 bits per heavy atom. The first kappa shape index (κ1) is 13.7. The van der Waals surface area contributed by atoms with Crippen LogP contribution >= 0.6 is 11.8 Å². The Morgan fingerprint density at radius 1 is 0.905 bits per heavy atom. The predicted octanol–water partition coefficient (Wildman–Crippen LogP) is 4.52. The molecule has 0 spiro atoms. The Kier molecular flexibility index (Phi) is 3.93. The third-order valence-corrected chi connectivity index (χ3v) is 4.27. The normalized spacial score (nSPS) is 10.7. The lowest BCUT2D eigenvalue weighted by Gasteiger charge is -2.04. The molecule has 0 aromatic heterocycles. The van der Waals surface area contributed by atoms with Crippen molar-refractivity contribution in [2.45, 2.75) is 4.90 Å². The highest BCUT2D eigenvalue weighted by atomic mass is 32.2. The Morgan fingerprint density at radius 2 is 1.62 bits per heavy atom. The maximum absolute atomic E-state index is 12.1. The maximum Gasteiger partial charge on any atom is 0.173 e. The van der Waals surface area contributed by atoms with Gasteiger partial charge in [0.15, 0.2) is 5.78 Å². The number of rotatable bonds is 4. The summed E-state index contributed by atoms with van der Waals surface area (Å²) in [6.07, 6.45) is 0. The number of benzene rings is 3. The minimum Gasteiger partial charge on any atom is -0.508 e. The summed E-state index contributed by atoms with van der Waals surface area (Å²) < 4.78 is 0. The Bertz CT molecular complexity index is 779. The summed E-state index contributed by atoms with van der Waals surface area (Å²) >= 11 is 1.53. The number of carbonyl (C=O) groups is 1. The second-order valence-corrected chi connectivity index (χ2v) is 5.82. The summed E-state index contributed by atoms with van der Waals surface area (Å²) in [4.78, 5) is 13.2.